The van der Waals surface area contributed by atoms with Gasteiger partial charge in [0.25, 0.3) is 10.8 Å². The second-order valence-corrected chi connectivity index (χ2v) is 8.92. The van der Waals surface area contributed by atoms with Gasteiger partial charge in [0.15, 0.2) is 0 Å². The van der Waals surface area contributed by atoms with Crippen molar-refractivity contribution in [2.75, 3.05) is 19.8 Å². The Hall–Kier alpha value is -4.13. The number of nitro benzene ring substituents is 1. The molecule has 0 aliphatic heterocycles. The van der Waals surface area contributed by atoms with Gasteiger partial charge in [0.2, 0.25) is 0 Å². The van der Waals surface area contributed by atoms with Crippen LogP contribution in [0.5, 0.6) is 0 Å². The van der Waals surface area contributed by atoms with Crippen molar-refractivity contribution >= 4 is 17.6 Å². The van der Waals surface area contributed by atoms with Crippen LogP contribution in [-0.2, 0) is 9.47 Å². The van der Waals surface area contributed by atoms with Crippen molar-refractivity contribution < 1.29 is 39.4 Å². The molecule has 2 N–H and O–H groups in total. The maximum absolute atomic E-state index is 13.2. The molecule has 0 atom stereocenters. The Morgan fingerprint density at radius 1 is 0.875 bits per heavy atom. The van der Waals surface area contributed by atoms with E-state index in [9.17, 15) is 19.7 Å². The number of ether oxygens (including phenoxy) is 2. The van der Waals surface area contributed by atoms with Crippen molar-refractivity contribution in [1.82, 2.24) is 4.98 Å². The predicted molar refractivity (Wildman–Crippen MR) is 145 cm³/mol. The van der Waals surface area contributed by atoms with Crippen LogP contribution in [0.3, 0.4) is 0 Å². The van der Waals surface area contributed by atoms with Crippen molar-refractivity contribution in [2.45, 2.75) is 72.1 Å². The van der Waals surface area contributed by atoms with Crippen molar-refractivity contribution in [3.63, 3.8) is 0 Å². The molecule has 0 radical (unpaired) electrons. The van der Waals surface area contributed by atoms with Gasteiger partial charge in [0, 0.05) is 17.7 Å². The number of aryl methyl sites for hydroxylation is 2. The molecular formula is C27H37N3O10. The van der Waals surface area contributed by atoms with Crippen LogP contribution < -0.4 is 0 Å². The fourth-order valence-corrected chi connectivity index (χ4v) is 4.10. The number of rotatable bonds is 15. The molecule has 0 aliphatic rings. The molecule has 220 valence electrons. The van der Waals surface area contributed by atoms with Crippen LogP contribution in [-0.4, -0.2) is 57.1 Å². The summed E-state index contributed by atoms with van der Waals surface area (Å²) in [5, 5.41) is 34.1. The standard InChI is InChI=1S/C27H36N2O7.HNO3/c1-4-5-6-7-8-9-10-11-16-35-26(31)23-19(2)28-20(3)24(27(32)36-17-15-30)25(23)21-13-12-14-22(18-21)29(33)34;2-1(3)4/h12-14,18,30H,4-11,15-17H2,1-3H3;(H,2,3,4). The third kappa shape index (κ3) is 11.3. The Bertz CT molecular complexity index is 1150. The summed E-state index contributed by atoms with van der Waals surface area (Å²) in [6.45, 7) is 5.02. The summed E-state index contributed by atoms with van der Waals surface area (Å²) in [6, 6.07) is 5.69. The number of esters is 2. The monoisotopic (exact) mass is 563 g/mol. The Kier molecular flexibility index (Phi) is 15.4. The first-order valence-corrected chi connectivity index (χ1v) is 13.1. The molecule has 0 bridgehead atoms. The molecule has 40 heavy (non-hydrogen) atoms. The molecule has 0 amide bonds. The zero-order chi connectivity index (χ0) is 30.1. The van der Waals surface area contributed by atoms with Gasteiger partial charge < -0.3 is 19.8 Å². The van der Waals surface area contributed by atoms with Gasteiger partial charge >= 0.3 is 11.9 Å². The van der Waals surface area contributed by atoms with Gasteiger partial charge in [-0.05, 0) is 25.8 Å². The minimum atomic E-state index is -1.50. The van der Waals surface area contributed by atoms with Crippen molar-refractivity contribution in [3.05, 3.63) is 67.0 Å². The molecule has 0 saturated carbocycles. The number of pyridine rings is 1. The fourth-order valence-electron chi connectivity index (χ4n) is 4.10. The largest absolute Gasteiger partial charge is 0.462 e. The van der Waals surface area contributed by atoms with E-state index in [1.807, 2.05) is 0 Å². The number of non-ortho nitro benzene ring substituents is 1. The molecule has 0 unspecified atom stereocenters. The van der Waals surface area contributed by atoms with Crippen LogP contribution in [0.25, 0.3) is 11.1 Å². The van der Waals surface area contributed by atoms with E-state index in [0.29, 0.717) is 17.0 Å². The second kappa shape index (κ2) is 18.2. The van der Waals surface area contributed by atoms with Gasteiger partial charge in [0.05, 0.1) is 40.7 Å². The van der Waals surface area contributed by atoms with Crippen molar-refractivity contribution in [1.29, 1.82) is 0 Å². The first-order valence-electron chi connectivity index (χ1n) is 13.1. The van der Waals surface area contributed by atoms with Crippen LogP contribution >= 0.6 is 0 Å². The van der Waals surface area contributed by atoms with E-state index < -0.39 is 21.9 Å². The summed E-state index contributed by atoms with van der Waals surface area (Å²) in [6.07, 6.45) is 8.82. The third-order valence-corrected chi connectivity index (χ3v) is 5.87. The Morgan fingerprint density at radius 2 is 1.38 bits per heavy atom. The van der Waals surface area contributed by atoms with Crippen LogP contribution in [0.1, 0.15) is 90.4 Å². The lowest BCUT2D eigenvalue weighted by molar-refractivity contribution is -0.742. The number of hydrogen-bond donors (Lipinski definition) is 2. The van der Waals surface area contributed by atoms with Gasteiger partial charge in [0.1, 0.15) is 6.61 Å². The number of carbonyl (C=O) groups excluding carboxylic acids is 2. The smallest absolute Gasteiger partial charge is 0.340 e. The topological polar surface area (TPSA) is 192 Å². The number of aliphatic hydroxyl groups excluding tert-OH is 1. The summed E-state index contributed by atoms with van der Waals surface area (Å²) in [7, 11) is 0. The van der Waals surface area contributed by atoms with E-state index >= 15 is 0 Å². The molecule has 0 fully saturated rings. The van der Waals surface area contributed by atoms with E-state index in [1.54, 1.807) is 19.9 Å². The van der Waals surface area contributed by atoms with Crippen LogP contribution in [0.15, 0.2) is 24.3 Å². The number of carbonyl (C=O) groups is 2. The fraction of sp³-hybridized carbons (Fsp3) is 0.519. The highest BCUT2D eigenvalue weighted by Gasteiger charge is 2.28. The molecule has 0 aliphatic carbocycles. The van der Waals surface area contributed by atoms with Gasteiger partial charge in [-0.1, -0.05) is 64.0 Å². The first-order chi connectivity index (χ1) is 19.0. The first kappa shape index (κ1) is 33.9. The Labute approximate surface area is 232 Å². The lowest BCUT2D eigenvalue weighted by Gasteiger charge is -2.18. The Morgan fingerprint density at radius 3 is 1.88 bits per heavy atom. The zero-order valence-electron chi connectivity index (χ0n) is 23.1. The van der Waals surface area contributed by atoms with E-state index in [4.69, 9.17) is 29.9 Å². The molecule has 0 spiro atoms. The third-order valence-electron chi connectivity index (χ3n) is 5.87. The summed E-state index contributed by atoms with van der Waals surface area (Å²) < 4.78 is 10.7. The molecular weight excluding hydrogens is 526 g/mol. The Balaban J connectivity index is 0.00000187. The van der Waals surface area contributed by atoms with Crippen LogP contribution in [0.2, 0.25) is 0 Å². The zero-order valence-corrected chi connectivity index (χ0v) is 23.1. The molecule has 0 saturated heterocycles. The second-order valence-electron chi connectivity index (χ2n) is 8.92. The average Bonchev–Trinajstić information content (AvgIpc) is 2.90. The molecule has 1 heterocycles. The molecule has 2 rings (SSSR count). The molecule has 1 aromatic carbocycles. The number of unbranched alkanes of at least 4 members (excludes halogenated alkanes) is 7. The number of nitrogens with zero attached hydrogens (tertiary/aromatic N) is 3. The average molecular weight is 564 g/mol. The highest BCUT2D eigenvalue weighted by Crippen LogP contribution is 2.34. The number of benzene rings is 1. The summed E-state index contributed by atoms with van der Waals surface area (Å²) in [5.74, 6) is -1.44. The van der Waals surface area contributed by atoms with Gasteiger partial charge in [-0.3, -0.25) is 15.1 Å². The lowest BCUT2D eigenvalue weighted by atomic mass is 9.92. The van der Waals surface area contributed by atoms with E-state index in [1.165, 1.54) is 43.9 Å². The number of aliphatic hydroxyl groups is 1. The normalized spacial score (nSPS) is 10.3. The van der Waals surface area contributed by atoms with Crippen LogP contribution in [0.4, 0.5) is 5.69 Å². The van der Waals surface area contributed by atoms with Gasteiger partial charge in [-0.25, -0.2) is 9.59 Å². The van der Waals surface area contributed by atoms with Crippen molar-refractivity contribution in [2.24, 2.45) is 0 Å². The highest BCUT2D eigenvalue weighted by atomic mass is 16.9. The molecule has 13 heteroatoms. The number of nitro groups is 1. The minimum Gasteiger partial charge on any atom is -0.462 e. The summed E-state index contributed by atoms with van der Waals surface area (Å²) >= 11 is 0. The highest BCUT2D eigenvalue weighted by molar-refractivity contribution is 6.07. The van der Waals surface area contributed by atoms with E-state index in [0.717, 1.165) is 25.7 Å². The maximum Gasteiger partial charge on any atom is 0.340 e. The van der Waals surface area contributed by atoms with Crippen LogP contribution in [0, 0.1) is 34.1 Å². The molecule has 2 aromatic rings. The summed E-state index contributed by atoms with van der Waals surface area (Å²) in [4.78, 5) is 49.6. The van der Waals surface area contributed by atoms with Gasteiger partial charge in [-0.2, -0.15) is 0 Å². The minimum absolute atomic E-state index is 0.00794. The number of aromatic nitrogens is 1. The maximum atomic E-state index is 13.2. The van der Waals surface area contributed by atoms with E-state index in [-0.39, 0.29) is 42.2 Å². The number of hydrogen-bond acceptors (Lipinski definition) is 10. The predicted octanol–water partition coefficient (Wildman–Crippen LogP) is 5.37. The quantitative estimate of drug-likeness (QED) is 0.122. The lowest BCUT2D eigenvalue weighted by Crippen LogP contribution is -2.18. The molecule has 13 nitrogen and oxygen atoms in total. The van der Waals surface area contributed by atoms with Gasteiger partial charge in [-0.15, -0.1) is 10.1 Å². The molecule has 1 aromatic heterocycles. The summed E-state index contributed by atoms with van der Waals surface area (Å²) in [5.41, 5.74) is 1.00. The van der Waals surface area contributed by atoms with E-state index in [2.05, 4.69) is 11.9 Å². The SMILES string of the molecule is CCCCCCCCCCOC(=O)c1c(C)nc(C)c(C(=O)OCCO)c1-c1cccc([N+](=O)[O-])c1.O=[N+]([O-])O. The van der Waals surface area contributed by atoms with Crippen molar-refractivity contribution in [3.8, 4) is 11.1 Å².